The van der Waals surface area contributed by atoms with Gasteiger partial charge in [0.25, 0.3) is 5.91 Å². The van der Waals surface area contributed by atoms with E-state index in [2.05, 4.69) is 15.6 Å². The Kier molecular flexibility index (Phi) is 7.69. The standard InChI is InChI=1S/C26H21FN4O3S/c27-20-11-13-21(14-12-20)31-24(33)22(15-18-7-3-1-4-8-18)29-26(31)35-17-23(32)30-25(34)28-16-19-9-5-2-6-10-19/h1-15H,16-17H2,(H2,28,30,32,34)/b22-15+. The lowest BCUT2D eigenvalue weighted by molar-refractivity contribution is -0.117. The fourth-order valence-corrected chi connectivity index (χ4v) is 4.05. The molecule has 1 aliphatic rings. The second-order valence-corrected chi connectivity index (χ2v) is 8.40. The van der Waals surface area contributed by atoms with Gasteiger partial charge < -0.3 is 5.32 Å². The van der Waals surface area contributed by atoms with Crippen LogP contribution in [-0.2, 0) is 16.1 Å². The second-order valence-electron chi connectivity index (χ2n) is 7.46. The normalized spacial score (nSPS) is 14.1. The van der Waals surface area contributed by atoms with Gasteiger partial charge in [0, 0.05) is 6.54 Å². The SMILES string of the molecule is O=C(CSC1=N/C(=C/c2ccccc2)C(=O)N1c1ccc(F)cc1)NC(=O)NCc1ccccc1. The third-order valence-corrected chi connectivity index (χ3v) is 5.84. The average molecular weight is 489 g/mol. The average Bonchev–Trinajstić information content (AvgIpc) is 3.18. The monoisotopic (exact) mass is 488 g/mol. The molecular formula is C26H21FN4O3S. The predicted octanol–water partition coefficient (Wildman–Crippen LogP) is 4.33. The number of rotatable bonds is 6. The summed E-state index contributed by atoms with van der Waals surface area (Å²) < 4.78 is 13.4. The molecule has 176 valence electrons. The fourth-order valence-electron chi connectivity index (χ4n) is 3.23. The Labute approximate surface area is 205 Å². The van der Waals surface area contributed by atoms with Crippen molar-refractivity contribution in [1.82, 2.24) is 10.6 Å². The molecule has 0 saturated carbocycles. The third-order valence-electron chi connectivity index (χ3n) is 4.90. The Morgan fingerprint density at radius 2 is 1.60 bits per heavy atom. The molecule has 4 amide bonds. The highest BCUT2D eigenvalue weighted by atomic mass is 32.2. The fraction of sp³-hybridized carbons (Fsp3) is 0.0769. The molecule has 35 heavy (non-hydrogen) atoms. The van der Waals surface area contributed by atoms with Gasteiger partial charge in [-0.1, -0.05) is 72.4 Å². The molecule has 1 heterocycles. The molecule has 9 heteroatoms. The van der Waals surface area contributed by atoms with Gasteiger partial charge in [0.2, 0.25) is 5.91 Å². The molecular weight excluding hydrogens is 467 g/mol. The number of anilines is 1. The lowest BCUT2D eigenvalue weighted by Gasteiger charge is -2.17. The van der Waals surface area contributed by atoms with Gasteiger partial charge in [-0.3, -0.25) is 19.8 Å². The number of urea groups is 1. The molecule has 0 atom stereocenters. The zero-order valence-corrected chi connectivity index (χ0v) is 19.3. The van der Waals surface area contributed by atoms with Crippen LogP contribution >= 0.6 is 11.8 Å². The van der Waals surface area contributed by atoms with Crippen LogP contribution < -0.4 is 15.5 Å². The summed E-state index contributed by atoms with van der Waals surface area (Å²) >= 11 is 1.00. The van der Waals surface area contributed by atoms with E-state index in [9.17, 15) is 18.8 Å². The van der Waals surface area contributed by atoms with Crippen LogP contribution in [0.5, 0.6) is 0 Å². The van der Waals surface area contributed by atoms with Crippen LogP contribution in [0.4, 0.5) is 14.9 Å². The van der Waals surface area contributed by atoms with E-state index < -0.39 is 23.7 Å². The number of hydrogen-bond acceptors (Lipinski definition) is 5. The highest BCUT2D eigenvalue weighted by Gasteiger charge is 2.32. The second kappa shape index (κ2) is 11.3. The van der Waals surface area contributed by atoms with E-state index >= 15 is 0 Å². The van der Waals surface area contributed by atoms with Gasteiger partial charge in [0.05, 0.1) is 11.4 Å². The highest BCUT2D eigenvalue weighted by Crippen LogP contribution is 2.29. The van der Waals surface area contributed by atoms with Crippen LogP contribution in [0.15, 0.2) is 95.6 Å². The van der Waals surface area contributed by atoms with Crippen molar-refractivity contribution in [3.05, 3.63) is 108 Å². The first-order valence-electron chi connectivity index (χ1n) is 10.7. The van der Waals surface area contributed by atoms with E-state index in [-0.39, 0.29) is 23.2 Å². The molecule has 0 spiro atoms. The first-order chi connectivity index (χ1) is 17.0. The van der Waals surface area contributed by atoms with Crippen molar-refractivity contribution in [2.75, 3.05) is 10.7 Å². The van der Waals surface area contributed by atoms with Crippen LogP contribution in [0.2, 0.25) is 0 Å². The van der Waals surface area contributed by atoms with E-state index in [0.717, 1.165) is 22.9 Å². The summed E-state index contributed by atoms with van der Waals surface area (Å²) in [5.74, 6) is -1.53. The summed E-state index contributed by atoms with van der Waals surface area (Å²) in [6.07, 6.45) is 1.64. The van der Waals surface area contributed by atoms with Crippen LogP contribution in [0, 0.1) is 5.82 Å². The van der Waals surface area contributed by atoms with Crippen molar-refractivity contribution in [1.29, 1.82) is 0 Å². The highest BCUT2D eigenvalue weighted by molar-refractivity contribution is 8.14. The van der Waals surface area contributed by atoms with Crippen molar-refractivity contribution in [3.63, 3.8) is 0 Å². The number of carbonyl (C=O) groups is 3. The minimum absolute atomic E-state index is 0.152. The molecule has 0 aromatic heterocycles. The molecule has 0 aliphatic carbocycles. The van der Waals surface area contributed by atoms with E-state index in [0.29, 0.717) is 5.69 Å². The molecule has 3 aromatic carbocycles. The molecule has 2 N–H and O–H groups in total. The first kappa shape index (κ1) is 23.9. The molecule has 0 radical (unpaired) electrons. The molecule has 3 aromatic rings. The minimum Gasteiger partial charge on any atom is -0.334 e. The van der Waals surface area contributed by atoms with Gasteiger partial charge in [-0.05, 0) is 41.5 Å². The number of imide groups is 1. The first-order valence-corrected chi connectivity index (χ1v) is 11.7. The summed E-state index contributed by atoms with van der Waals surface area (Å²) in [5.41, 5.74) is 2.29. The number of amidine groups is 1. The zero-order valence-electron chi connectivity index (χ0n) is 18.5. The smallest absolute Gasteiger partial charge is 0.321 e. The Hall–Kier alpha value is -4.24. The number of benzene rings is 3. The van der Waals surface area contributed by atoms with Crippen LogP contribution in [0.25, 0.3) is 6.08 Å². The molecule has 0 bridgehead atoms. The summed E-state index contributed by atoms with van der Waals surface area (Å²) in [6.45, 7) is 0.278. The van der Waals surface area contributed by atoms with Crippen LogP contribution in [-0.4, -0.2) is 28.8 Å². The zero-order chi connectivity index (χ0) is 24.6. The Bertz CT molecular complexity index is 1280. The number of amides is 4. The topological polar surface area (TPSA) is 90.9 Å². The quantitative estimate of drug-likeness (QED) is 0.506. The predicted molar refractivity (Wildman–Crippen MR) is 135 cm³/mol. The molecule has 0 saturated heterocycles. The summed E-state index contributed by atoms with van der Waals surface area (Å²) in [7, 11) is 0. The van der Waals surface area contributed by atoms with Crippen molar-refractivity contribution in [2.24, 2.45) is 4.99 Å². The molecule has 7 nitrogen and oxygen atoms in total. The maximum Gasteiger partial charge on any atom is 0.321 e. The van der Waals surface area contributed by atoms with E-state index in [1.165, 1.54) is 29.2 Å². The summed E-state index contributed by atoms with van der Waals surface area (Å²) in [6, 6.07) is 23.3. The number of halogens is 1. The van der Waals surface area contributed by atoms with Crippen molar-refractivity contribution in [2.45, 2.75) is 6.54 Å². The number of nitrogens with one attached hydrogen (secondary N) is 2. The van der Waals surface area contributed by atoms with Crippen molar-refractivity contribution < 1.29 is 18.8 Å². The number of nitrogens with zero attached hydrogens (tertiary/aromatic N) is 2. The molecule has 0 unspecified atom stereocenters. The molecule has 1 aliphatic heterocycles. The van der Waals surface area contributed by atoms with Gasteiger partial charge in [-0.25, -0.2) is 14.2 Å². The van der Waals surface area contributed by atoms with Crippen LogP contribution in [0.3, 0.4) is 0 Å². The summed E-state index contributed by atoms with van der Waals surface area (Å²) in [5, 5.41) is 5.14. The number of carbonyl (C=O) groups excluding carboxylic acids is 3. The van der Waals surface area contributed by atoms with Gasteiger partial charge in [-0.15, -0.1) is 0 Å². The third kappa shape index (κ3) is 6.42. The van der Waals surface area contributed by atoms with E-state index in [4.69, 9.17) is 0 Å². The van der Waals surface area contributed by atoms with Crippen LogP contribution in [0.1, 0.15) is 11.1 Å². The summed E-state index contributed by atoms with van der Waals surface area (Å²) in [4.78, 5) is 43.3. The van der Waals surface area contributed by atoms with Gasteiger partial charge in [-0.2, -0.15) is 0 Å². The van der Waals surface area contributed by atoms with E-state index in [1.807, 2.05) is 60.7 Å². The van der Waals surface area contributed by atoms with Gasteiger partial charge in [0.15, 0.2) is 5.17 Å². The lowest BCUT2D eigenvalue weighted by atomic mass is 10.2. The van der Waals surface area contributed by atoms with E-state index in [1.54, 1.807) is 6.08 Å². The number of hydrogen-bond donors (Lipinski definition) is 2. The van der Waals surface area contributed by atoms with Crippen molar-refractivity contribution >= 4 is 46.5 Å². The maximum atomic E-state index is 13.4. The number of aliphatic imine (C=N–C) groups is 1. The lowest BCUT2D eigenvalue weighted by Crippen LogP contribution is -2.40. The van der Waals surface area contributed by atoms with Crippen molar-refractivity contribution in [3.8, 4) is 0 Å². The van der Waals surface area contributed by atoms with Gasteiger partial charge >= 0.3 is 6.03 Å². The molecule has 4 rings (SSSR count). The Morgan fingerprint density at radius 3 is 2.29 bits per heavy atom. The Morgan fingerprint density at radius 1 is 0.943 bits per heavy atom. The molecule has 0 fully saturated rings. The van der Waals surface area contributed by atoms with Gasteiger partial charge in [0.1, 0.15) is 11.5 Å². The number of thioether (sulfide) groups is 1. The largest absolute Gasteiger partial charge is 0.334 e. The minimum atomic E-state index is -0.621. The maximum absolute atomic E-state index is 13.4. The Balaban J connectivity index is 1.43.